The Morgan fingerprint density at radius 2 is 0.475 bits per heavy atom. The van der Waals surface area contributed by atoms with Crippen molar-refractivity contribution in [1.29, 1.82) is 0 Å². The molecule has 0 spiro atoms. The molecule has 0 aromatic carbocycles. The first-order chi connectivity index (χ1) is 19.8. The van der Waals surface area contributed by atoms with E-state index in [0.29, 0.717) is 18.3 Å². The van der Waals surface area contributed by atoms with Gasteiger partial charge in [-0.25, -0.2) is 0 Å². The lowest BCUT2D eigenvalue weighted by Crippen LogP contribution is -2.12. The number of nitrogens with two attached hydrogens (primary N) is 2. The summed E-state index contributed by atoms with van der Waals surface area (Å²) in [6.07, 6.45) is 39.1. The highest BCUT2D eigenvalue weighted by Gasteiger charge is 2.11. The van der Waals surface area contributed by atoms with Crippen LogP contribution in [0.25, 0.3) is 0 Å². The number of hydrogen-bond donors (Lipinski definition) is 2. The highest BCUT2D eigenvalue weighted by Crippen LogP contribution is 2.15. The Morgan fingerprint density at radius 1 is 0.300 bits per heavy atom. The van der Waals surface area contributed by atoms with Crippen molar-refractivity contribution in [2.75, 3.05) is 26.3 Å². The van der Waals surface area contributed by atoms with Gasteiger partial charge >= 0.3 is 5.09 Å². The van der Waals surface area contributed by atoms with E-state index in [2.05, 4.69) is 0 Å². The van der Waals surface area contributed by atoms with Crippen LogP contribution in [0, 0.1) is 4.91 Å². The van der Waals surface area contributed by atoms with E-state index in [9.17, 15) is 4.91 Å². The molecule has 240 valence electrons. The third kappa shape index (κ3) is 35.1. The Hall–Kier alpha value is -0.880. The van der Waals surface area contributed by atoms with Crippen molar-refractivity contribution < 1.29 is 14.8 Å². The van der Waals surface area contributed by atoms with Gasteiger partial charge in [0.1, 0.15) is 4.91 Å². The standard InChI is InChI=1S/C34H72N3O3/c35-31-27-23-19-15-11-7-3-1-5-9-13-17-21-25-29-33-39-37(38)40-34-30-26-22-18-14-10-6-2-4-8-12-16-20-24-28-32-36/h1-36H2/q+1. The molecule has 0 fully saturated rings. The molecule has 0 aromatic rings. The lowest BCUT2D eigenvalue weighted by molar-refractivity contribution is -0.981. The minimum atomic E-state index is 0.334. The minimum Gasteiger partial charge on any atom is -0.330 e. The van der Waals surface area contributed by atoms with E-state index in [1.807, 2.05) is 0 Å². The molecule has 6 nitrogen and oxygen atoms in total. The molecule has 0 heterocycles. The normalized spacial score (nSPS) is 11.2. The molecule has 0 saturated heterocycles. The molecule has 0 aromatic heterocycles. The molecule has 6 heteroatoms. The molecule has 0 rings (SSSR count). The molecule has 0 bridgehead atoms. The number of unbranched alkanes of at least 4 members (excludes halogenated alkanes) is 28. The van der Waals surface area contributed by atoms with Crippen LogP contribution in [0.5, 0.6) is 0 Å². The summed E-state index contributed by atoms with van der Waals surface area (Å²) in [5.41, 5.74) is 11.1. The lowest BCUT2D eigenvalue weighted by atomic mass is 10.0. The predicted octanol–water partition coefficient (Wildman–Crippen LogP) is 10.2. The van der Waals surface area contributed by atoms with Crippen molar-refractivity contribution in [2.45, 2.75) is 193 Å². The molecule has 0 saturated carbocycles. The van der Waals surface area contributed by atoms with Crippen LogP contribution in [0.4, 0.5) is 0 Å². The summed E-state index contributed by atoms with van der Waals surface area (Å²) in [6, 6.07) is 0. The SMILES string of the molecule is NCCCCCCCCCCCCCCCCCO[N+](=O)OCCCCCCCCCCCCCCCCCN. The molecular weight excluding hydrogens is 498 g/mol. The van der Waals surface area contributed by atoms with Crippen LogP contribution in [0.2, 0.25) is 0 Å². The van der Waals surface area contributed by atoms with E-state index in [4.69, 9.17) is 21.1 Å². The highest BCUT2D eigenvalue weighted by atomic mass is 17.0. The Balaban J connectivity index is 3.14. The molecule has 0 radical (unpaired) electrons. The fourth-order valence-corrected chi connectivity index (χ4v) is 5.40. The van der Waals surface area contributed by atoms with Gasteiger partial charge in [-0.2, -0.15) is 9.68 Å². The number of hydrogen-bond acceptors (Lipinski definition) is 5. The van der Waals surface area contributed by atoms with E-state index in [1.54, 1.807) is 0 Å². The van der Waals surface area contributed by atoms with E-state index >= 15 is 0 Å². The van der Waals surface area contributed by atoms with E-state index in [1.165, 1.54) is 167 Å². The average molecular weight is 571 g/mol. The smallest absolute Gasteiger partial charge is 0.330 e. The quantitative estimate of drug-likeness (QED) is 0.0577. The van der Waals surface area contributed by atoms with Gasteiger partial charge in [-0.1, -0.05) is 154 Å². The lowest BCUT2D eigenvalue weighted by Gasteiger charge is -2.03. The monoisotopic (exact) mass is 571 g/mol. The van der Waals surface area contributed by atoms with Crippen LogP contribution in [-0.4, -0.2) is 31.4 Å². The van der Waals surface area contributed by atoms with Crippen molar-refractivity contribution in [3.63, 3.8) is 0 Å². The second-order valence-electron chi connectivity index (χ2n) is 12.1. The maximum Gasteiger partial charge on any atom is 0.477 e. The van der Waals surface area contributed by atoms with Crippen molar-refractivity contribution in [3.8, 4) is 0 Å². The highest BCUT2D eigenvalue weighted by molar-refractivity contribution is 4.51. The van der Waals surface area contributed by atoms with Crippen molar-refractivity contribution in [1.82, 2.24) is 0 Å². The van der Waals surface area contributed by atoms with Gasteiger partial charge in [0.15, 0.2) is 13.2 Å². The molecule has 0 aliphatic carbocycles. The van der Waals surface area contributed by atoms with Crippen molar-refractivity contribution >= 4 is 0 Å². The van der Waals surface area contributed by atoms with Crippen molar-refractivity contribution in [2.24, 2.45) is 11.5 Å². The van der Waals surface area contributed by atoms with Gasteiger partial charge in [-0.05, 0) is 51.6 Å². The zero-order valence-electron chi connectivity index (χ0n) is 26.9. The fraction of sp³-hybridized carbons (Fsp3) is 1.00. The Labute approximate surface area is 250 Å². The second-order valence-corrected chi connectivity index (χ2v) is 12.1. The Kier molecular flexibility index (Phi) is 35.4. The van der Waals surface area contributed by atoms with Gasteiger partial charge in [-0.3, -0.25) is 0 Å². The van der Waals surface area contributed by atoms with E-state index < -0.39 is 0 Å². The number of nitrogens with zero attached hydrogens (tertiary/aromatic N) is 1. The maximum absolute atomic E-state index is 11.6. The van der Waals surface area contributed by atoms with Crippen LogP contribution in [-0.2, 0) is 9.68 Å². The summed E-state index contributed by atoms with van der Waals surface area (Å²) in [5.74, 6) is 0. The summed E-state index contributed by atoms with van der Waals surface area (Å²) < 4.78 is 0. The largest absolute Gasteiger partial charge is 0.477 e. The molecular formula is C34H72N3O3+. The van der Waals surface area contributed by atoms with Gasteiger partial charge in [-0.15, -0.1) is 0 Å². The summed E-state index contributed by atoms with van der Waals surface area (Å²) in [5, 5.41) is 0.334. The van der Waals surface area contributed by atoms with Gasteiger partial charge in [0.25, 0.3) is 0 Å². The van der Waals surface area contributed by atoms with Crippen LogP contribution in [0.15, 0.2) is 0 Å². The average Bonchev–Trinajstić information content (AvgIpc) is 2.96. The molecule has 4 N–H and O–H groups in total. The van der Waals surface area contributed by atoms with Gasteiger partial charge in [0.2, 0.25) is 0 Å². The van der Waals surface area contributed by atoms with Crippen LogP contribution < -0.4 is 11.5 Å². The van der Waals surface area contributed by atoms with Gasteiger partial charge < -0.3 is 11.5 Å². The molecule has 0 unspecified atom stereocenters. The first kappa shape index (κ1) is 39.1. The fourth-order valence-electron chi connectivity index (χ4n) is 5.40. The first-order valence-electron chi connectivity index (χ1n) is 17.9. The molecule has 0 atom stereocenters. The summed E-state index contributed by atoms with van der Waals surface area (Å²) >= 11 is 0. The van der Waals surface area contributed by atoms with Crippen molar-refractivity contribution in [3.05, 3.63) is 4.91 Å². The molecule has 0 amide bonds. The topological polar surface area (TPSA) is 90.6 Å². The third-order valence-corrected chi connectivity index (χ3v) is 8.09. The first-order valence-corrected chi connectivity index (χ1v) is 17.9. The summed E-state index contributed by atoms with van der Waals surface area (Å²) in [6.45, 7) is 2.62. The predicted molar refractivity (Wildman–Crippen MR) is 172 cm³/mol. The van der Waals surface area contributed by atoms with E-state index in [0.717, 1.165) is 38.8 Å². The molecule has 0 aliphatic heterocycles. The maximum atomic E-state index is 11.6. The third-order valence-electron chi connectivity index (χ3n) is 8.09. The summed E-state index contributed by atoms with van der Waals surface area (Å²) in [4.78, 5) is 21.9. The zero-order chi connectivity index (χ0) is 29.0. The van der Waals surface area contributed by atoms with Crippen LogP contribution >= 0.6 is 0 Å². The summed E-state index contributed by atoms with van der Waals surface area (Å²) in [7, 11) is 0. The van der Waals surface area contributed by atoms with Crippen LogP contribution in [0.1, 0.15) is 193 Å². The Morgan fingerprint density at radius 3 is 0.675 bits per heavy atom. The van der Waals surface area contributed by atoms with E-state index in [-0.39, 0.29) is 0 Å². The number of rotatable bonds is 36. The molecule has 40 heavy (non-hydrogen) atoms. The molecule has 0 aliphatic rings. The minimum absolute atomic E-state index is 0.334. The van der Waals surface area contributed by atoms with Gasteiger partial charge in [0.05, 0.1) is 0 Å². The zero-order valence-corrected chi connectivity index (χ0v) is 26.9. The van der Waals surface area contributed by atoms with Crippen LogP contribution in [0.3, 0.4) is 0 Å². The Bertz CT molecular complexity index is 439. The van der Waals surface area contributed by atoms with Gasteiger partial charge in [0, 0.05) is 0 Å². The second kappa shape index (κ2) is 36.1.